The fourth-order valence-electron chi connectivity index (χ4n) is 4.13. The molecule has 1 unspecified atom stereocenters. The minimum Gasteiger partial charge on any atom is -0.474 e. The molecule has 0 amide bonds. The van der Waals surface area contributed by atoms with Gasteiger partial charge in [-0.3, -0.25) is 9.89 Å². The van der Waals surface area contributed by atoms with Gasteiger partial charge in [0.05, 0.1) is 13.2 Å². The van der Waals surface area contributed by atoms with Gasteiger partial charge >= 0.3 is 0 Å². The largest absolute Gasteiger partial charge is 0.474 e. The first-order valence-electron chi connectivity index (χ1n) is 11.0. The SMILES string of the molecule is CN=C(NCc1cccnc1OC1CCCC1)NCC(C(C)C)N1CCOCC1.I. The maximum Gasteiger partial charge on any atom is 0.218 e. The molecule has 2 N–H and O–H groups in total. The van der Waals surface area contributed by atoms with E-state index in [4.69, 9.17) is 9.47 Å². The van der Waals surface area contributed by atoms with Crippen LogP contribution in [0.15, 0.2) is 23.3 Å². The zero-order valence-electron chi connectivity index (χ0n) is 18.6. The molecule has 0 spiro atoms. The standard InChI is InChI=1S/C22H37N5O2.HI/c1-17(2)20(27-11-13-28-14-12-27)16-26-22(23-3)25-15-18-7-6-10-24-21(18)29-19-8-4-5-9-19;/h6-7,10,17,19-20H,4-5,8-9,11-16H2,1-3H3,(H2,23,25,26);1H. The van der Waals surface area contributed by atoms with Gasteiger partial charge in [0.15, 0.2) is 5.96 Å². The summed E-state index contributed by atoms with van der Waals surface area (Å²) < 4.78 is 11.7. The van der Waals surface area contributed by atoms with Crippen LogP contribution >= 0.6 is 24.0 Å². The molecule has 1 atom stereocenters. The van der Waals surface area contributed by atoms with E-state index in [2.05, 4.69) is 45.4 Å². The first-order valence-corrected chi connectivity index (χ1v) is 11.0. The molecular weight excluding hydrogens is 493 g/mol. The third-order valence-corrected chi connectivity index (χ3v) is 5.86. The number of pyridine rings is 1. The number of hydrogen-bond donors (Lipinski definition) is 2. The molecular formula is C22H38IN5O2. The van der Waals surface area contributed by atoms with Gasteiger partial charge in [-0.15, -0.1) is 24.0 Å². The molecule has 30 heavy (non-hydrogen) atoms. The molecule has 1 saturated heterocycles. The summed E-state index contributed by atoms with van der Waals surface area (Å²) in [4.78, 5) is 11.4. The Morgan fingerprint density at radius 3 is 2.67 bits per heavy atom. The number of ether oxygens (including phenoxy) is 2. The van der Waals surface area contributed by atoms with E-state index < -0.39 is 0 Å². The smallest absolute Gasteiger partial charge is 0.218 e. The number of aromatic nitrogens is 1. The van der Waals surface area contributed by atoms with Crippen molar-refractivity contribution in [1.82, 2.24) is 20.5 Å². The highest BCUT2D eigenvalue weighted by atomic mass is 127. The zero-order chi connectivity index (χ0) is 20.5. The number of morpholine rings is 1. The van der Waals surface area contributed by atoms with E-state index in [0.29, 0.717) is 24.6 Å². The van der Waals surface area contributed by atoms with Crippen molar-refractivity contribution < 1.29 is 9.47 Å². The fourth-order valence-corrected chi connectivity index (χ4v) is 4.13. The Labute approximate surface area is 198 Å². The Morgan fingerprint density at radius 1 is 1.27 bits per heavy atom. The van der Waals surface area contributed by atoms with Crippen molar-refractivity contribution in [2.45, 2.75) is 58.2 Å². The summed E-state index contributed by atoms with van der Waals surface area (Å²) >= 11 is 0. The van der Waals surface area contributed by atoms with Crippen molar-refractivity contribution in [3.05, 3.63) is 23.9 Å². The van der Waals surface area contributed by atoms with Crippen LogP contribution in [0, 0.1) is 5.92 Å². The molecule has 1 aliphatic carbocycles. The average molecular weight is 531 g/mol. The van der Waals surface area contributed by atoms with Crippen LogP contribution < -0.4 is 15.4 Å². The van der Waals surface area contributed by atoms with Crippen LogP contribution in [0.4, 0.5) is 0 Å². The average Bonchev–Trinajstić information content (AvgIpc) is 3.25. The van der Waals surface area contributed by atoms with E-state index >= 15 is 0 Å². The summed E-state index contributed by atoms with van der Waals surface area (Å²) in [6.07, 6.45) is 6.87. The van der Waals surface area contributed by atoms with E-state index in [1.54, 1.807) is 6.20 Å². The van der Waals surface area contributed by atoms with Gasteiger partial charge < -0.3 is 20.1 Å². The van der Waals surface area contributed by atoms with Gasteiger partial charge in [-0.2, -0.15) is 0 Å². The Kier molecular flexibility index (Phi) is 11.2. The first kappa shape index (κ1) is 25.1. The Morgan fingerprint density at radius 2 is 2.00 bits per heavy atom. The van der Waals surface area contributed by atoms with Crippen LogP contribution in [0.3, 0.4) is 0 Å². The van der Waals surface area contributed by atoms with Crippen molar-refractivity contribution in [3.63, 3.8) is 0 Å². The van der Waals surface area contributed by atoms with Crippen molar-refractivity contribution >= 4 is 29.9 Å². The van der Waals surface area contributed by atoms with Gasteiger partial charge in [0, 0.05) is 51.0 Å². The molecule has 0 bridgehead atoms. The molecule has 1 aliphatic heterocycles. The van der Waals surface area contributed by atoms with E-state index in [-0.39, 0.29) is 24.0 Å². The molecule has 1 saturated carbocycles. The molecule has 170 valence electrons. The van der Waals surface area contributed by atoms with E-state index in [0.717, 1.165) is 63.1 Å². The molecule has 3 rings (SSSR count). The summed E-state index contributed by atoms with van der Waals surface area (Å²) in [5.74, 6) is 2.11. The topological polar surface area (TPSA) is 71.0 Å². The van der Waals surface area contributed by atoms with E-state index in [1.165, 1.54) is 12.8 Å². The highest BCUT2D eigenvalue weighted by molar-refractivity contribution is 14.0. The summed E-state index contributed by atoms with van der Waals surface area (Å²) in [6, 6.07) is 4.49. The van der Waals surface area contributed by atoms with Crippen LogP contribution in [-0.4, -0.2) is 67.9 Å². The van der Waals surface area contributed by atoms with Crippen molar-refractivity contribution in [2.75, 3.05) is 39.9 Å². The number of guanidine groups is 1. The number of nitrogens with one attached hydrogen (secondary N) is 2. The summed E-state index contributed by atoms with van der Waals surface area (Å²) in [5.41, 5.74) is 1.07. The van der Waals surface area contributed by atoms with Gasteiger partial charge in [-0.1, -0.05) is 19.9 Å². The number of rotatable bonds is 8. The second-order valence-electron chi connectivity index (χ2n) is 8.26. The predicted molar refractivity (Wildman–Crippen MR) is 132 cm³/mol. The number of aliphatic imine (C=N–C) groups is 1. The highest BCUT2D eigenvalue weighted by Crippen LogP contribution is 2.24. The number of hydrogen-bond acceptors (Lipinski definition) is 5. The second-order valence-corrected chi connectivity index (χ2v) is 8.26. The van der Waals surface area contributed by atoms with Crippen LogP contribution in [0.1, 0.15) is 45.1 Å². The monoisotopic (exact) mass is 531 g/mol. The minimum atomic E-state index is 0. The molecule has 7 nitrogen and oxygen atoms in total. The molecule has 2 heterocycles. The Bertz CT molecular complexity index is 646. The molecule has 1 aromatic rings. The lowest BCUT2D eigenvalue weighted by atomic mass is 10.0. The van der Waals surface area contributed by atoms with Crippen LogP contribution in [0.2, 0.25) is 0 Å². The lowest BCUT2D eigenvalue weighted by Gasteiger charge is -2.37. The fraction of sp³-hybridized carbons (Fsp3) is 0.727. The normalized spacial score (nSPS) is 19.4. The van der Waals surface area contributed by atoms with Gasteiger partial charge in [-0.05, 0) is 37.7 Å². The maximum absolute atomic E-state index is 6.15. The molecule has 0 aromatic carbocycles. The minimum absolute atomic E-state index is 0. The number of halogens is 1. The summed E-state index contributed by atoms with van der Waals surface area (Å²) in [5, 5.41) is 6.93. The quantitative estimate of drug-likeness (QED) is 0.306. The van der Waals surface area contributed by atoms with Crippen LogP contribution in [0.5, 0.6) is 5.88 Å². The van der Waals surface area contributed by atoms with E-state index in [9.17, 15) is 0 Å². The van der Waals surface area contributed by atoms with Gasteiger partial charge in [0.1, 0.15) is 6.10 Å². The third-order valence-electron chi connectivity index (χ3n) is 5.86. The Balaban J connectivity index is 0.00000320. The molecule has 2 fully saturated rings. The summed E-state index contributed by atoms with van der Waals surface area (Å²) in [6.45, 7) is 9.68. The summed E-state index contributed by atoms with van der Waals surface area (Å²) in [7, 11) is 1.81. The zero-order valence-corrected chi connectivity index (χ0v) is 20.9. The third kappa shape index (κ3) is 7.53. The van der Waals surface area contributed by atoms with E-state index in [1.807, 2.05) is 13.1 Å². The lowest BCUT2D eigenvalue weighted by Crippen LogP contribution is -2.52. The number of nitrogens with zero attached hydrogens (tertiary/aromatic N) is 3. The highest BCUT2D eigenvalue weighted by Gasteiger charge is 2.24. The van der Waals surface area contributed by atoms with Gasteiger partial charge in [0.2, 0.25) is 5.88 Å². The maximum atomic E-state index is 6.15. The van der Waals surface area contributed by atoms with Crippen LogP contribution in [0.25, 0.3) is 0 Å². The molecule has 8 heteroatoms. The van der Waals surface area contributed by atoms with Crippen molar-refractivity contribution in [3.8, 4) is 5.88 Å². The Hall–Kier alpha value is -1.13. The second kappa shape index (κ2) is 13.3. The van der Waals surface area contributed by atoms with Gasteiger partial charge in [0.25, 0.3) is 0 Å². The molecule has 0 radical (unpaired) electrons. The van der Waals surface area contributed by atoms with Crippen molar-refractivity contribution in [2.24, 2.45) is 10.9 Å². The first-order chi connectivity index (χ1) is 14.2. The van der Waals surface area contributed by atoms with Crippen LogP contribution in [-0.2, 0) is 11.3 Å². The van der Waals surface area contributed by atoms with Gasteiger partial charge in [-0.25, -0.2) is 4.98 Å². The molecule has 1 aromatic heterocycles. The predicted octanol–water partition coefficient (Wildman–Crippen LogP) is 3.04. The lowest BCUT2D eigenvalue weighted by molar-refractivity contribution is 0.00752. The molecule has 2 aliphatic rings. The van der Waals surface area contributed by atoms with Crippen molar-refractivity contribution in [1.29, 1.82) is 0 Å².